The number of hydrogen-bond acceptors (Lipinski definition) is 4. The average Bonchev–Trinajstić information content (AvgIpc) is 3.12. The van der Waals surface area contributed by atoms with Crippen LogP contribution in [0.25, 0.3) is 10.8 Å². The monoisotopic (exact) mass is 375 g/mol. The number of benzene rings is 1. The molecule has 1 aromatic heterocycles. The number of rotatable bonds is 6. The Morgan fingerprint density at radius 3 is 2.86 bits per heavy atom. The summed E-state index contributed by atoms with van der Waals surface area (Å²) in [4.78, 5) is 15.9. The first-order valence-corrected chi connectivity index (χ1v) is 9.75. The molecule has 144 valence electrons. The van der Waals surface area contributed by atoms with Gasteiger partial charge in [-0.3, -0.25) is 4.79 Å². The van der Waals surface area contributed by atoms with Gasteiger partial charge in [-0.25, -0.2) is 0 Å². The summed E-state index contributed by atoms with van der Waals surface area (Å²) in [6.07, 6.45) is 13.8. The molecule has 1 aliphatic rings. The van der Waals surface area contributed by atoms with E-state index >= 15 is 0 Å². The fraction of sp³-hybridized carbons (Fsp3) is 0.429. The summed E-state index contributed by atoms with van der Waals surface area (Å²) < 4.78 is 1.84. The Labute approximate surface area is 166 Å². The van der Waals surface area contributed by atoms with Gasteiger partial charge in [0.25, 0.3) is 0 Å². The Balaban J connectivity index is 1.64. The molecule has 0 radical (unpaired) electrons. The Bertz CT molecular complexity index is 903. The first kappa shape index (κ1) is 20.0. The SMILES string of the molecule is C#CC/C=C\C(=N/CNC1CCC(NC(C)=O)CC1)n1nbc2ccccc21. The van der Waals surface area contributed by atoms with Crippen molar-refractivity contribution in [2.45, 2.75) is 51.1 Å². The maximum atomic E-state index is 11.2. The molecule has 0 bridgehead atoms. The van der Waals surface area contributed by atoms with Crippen molar-refractivity contribution in [1.82, 2.24) is 20.3 Å². The number of carbonyl (C=O) groups excluding carboxylic acids is 1. The Morgan fingerprint density at radius 2 is 2.11 bits per heavy atom. The molecule has 7 heteroatoms. The van der Waals surface area contributed by atoms with Crippen molar-refractivity contribution in [2.75, 3.05) is 6.67 Å². The molecular formula is C21H26BN5O. The summed E-state index contributed by atoms with van der Waals surface area (Å²) in [6, 6.07) is 8.78. The van der Waals surface area contributed by atoms with Crippen molar-refractivity contribution in [2.24, 2.45) is 4.99 Å². The first-order chi connectivity index (χ1) is 13.7. The molecule has 2 N–H and O–H groups in total. The quantitative estimate of drug-likeness (QED) is 0.462. The van der Waals surface area contributed by atoms with Crippen LogP contribution in [0.15, 0.2) is 41.4 Å². The molecule has 1 aromatic carbocycles. The van der Waals surface area contributed by atoms with E-state index in [-0.39, 0.29) is 5.91 Å². The van der Waals surface area contributed by atoms with Crippen LogP contribution in [0, 0.1) is 12.3 Å². The average molecular weight is 375 g/mol. The van der Waals surface area contributed by atoms with Crippen molar-refractivity contribution >= 4 is 29.6 Å². The van der Waals surface area contributed by atoms with Crippen LogP contribution in [0.2, 0.25) is 0 Å². The predicted molar refractivity (Wildman–Crippen MR) is 114 cm³/mol. The summed E-state index contributed by atoms with van der Waals surface area (Å²) >= 11 is 0. The molecule has 6 nitrogen and oxygen atoms in total. The zero-order valence-corrected chi connectivity index (χ0v) is 16.3. The van der Waals surface area contributed by atoms with E-state index in [1.807, 2.05) is 48.2 Å². The van der Waals surface area contributed by atoms with Crippen molar-refractivity contribution in [3.05, 3.63) is 36.4 Å². The molecule has 1 fully saturated rings. The molecular weight excluding hydrogens is 349 g/mol. The summed E-state index contributed by atoms with van der Waals surface area (Å²) in [6.45, 7) is 2.09. The van der Waals surface area contributed by atoms with Crippen molar-refractivity contribution < 1.29 is 4.79 Å². The van der Waals surface area contributed by atoms with Gasteiger partial charge in [0.15, 0.2) is 0 Å². The van der Waals surface area contributed by atoms with Crippen LogP contribution in [0.3, 0.4) is 0 Å². The second-order valence-corrected chi connectivity index (χ2v) is 7.05. The zero-order valence-electron chi connectivity index (χ0n) is 16.3. The molecule has 2 aromatic rings. The normalized spacial score (nSPS) is 20.2. The summed E-state index contributed by atoms with van der Waals surface area (Å²) in [5.41, 5.74) is 1.02. The van der Waals surface area contributed by atoms with E-state index in [2.05, 4.69) is 21.6 Å². The number of para-hydroxylation sites is 1. The number of hydrogen-bond donors (Lipinski definition) is 2. The molecule has 0 spiro atoms. The summed E-state index contributed by atoms with van der Waals surface area (Å²) in [5.74, 6) is 3.43. The molecule has 0 unspecified atom stereocenters. The predicted octanol–water partition coefficient (Wildman–Crippen LogP) is 2.19. The van der Waals surface area contributed by atoms with Gasteiger partial charge < -0.3 is 0 Å². The van der Waals surface area contributed by atoms with Gasteiger partial charge in [0.1, 0.15) is 0 Å². The number of carbonyl (C=O) groups is 1. The molecule has 1 heterocycles. The van der Waals surface area contributed by atoms with Crippen LogP contribution in [-0.4, -0.2) is 47.2 Å². The van der Waals surface area contributed by atoms with Crippen molar-refractivity contribution in [3.63, 3.8) is 0 Å². The van der Waals surface area contributed by atoms with Crippen LogP contribution in [0.4, 0.5) is 0 Å². The first-order valence-electron chi connectivity index (χ1n) is 9.75. The van der Waals surface area contributed by atoms with E-state index in [1.165, 1.54) is 0 Å². The zero-order chi connectivity index (χ0) is 19.8. The van der Waals surface area contributed by atoms with Crippen LogP contribution in [-0.2, 0) is 4.79 Å². The number of terminal acetylenes is 1. The van der Waals surface area contributed by atoms with Crippen LogP contribution >= 0.6 is 0 Å². The minimum absolute atomic E-state index is 0.0517. The third-order valence-electron chi connectivity index (χ3n) is 4.95. The van der Waals surface area contributed by atoms with Gasteiger partial charge in [-0.1, -0.05) is 0 Å². The second-order valence-electron chi connectivity index (χ2n) is 7.05. The van der Waals surface area contributed by atoms with Gasteiger partial charge in [0, 0.05) is 6.92 Å². The molecule has 0 aliphatic heterocycles. The van der Waals surface area contributed by atoms with Crippen molar-refractivity contribution in [1.29, 1.82) is 0 Å². The number of allylic oxidation sites excluding steroid dienone is 2. The maximum absolute atomic E-state index is 11.2. The summed E-state index contributed by atoms with van der Waals surface area (Å²) in [7, 11) is 1.84. The molecule has 1 aliphatic carbocycles. The van der Waals surface area contributed by atoms with Gasteiger partial charge >= 0.3 is 155 Å². The Kier molecular flexibility index (Phi) is 7.15. The van der Waals surface area contributed by atoms with Crippen LogP contribution in [0.1, 0.15) is 39.0 Å². The minimum atomic E-state index is 0.0517. The number of aliphatic imine (C=N–C) groups is 1. The fourth-order valence-electron chi connectivity index (χ4n) is 3.56. The molecule has 3 rings (SSSR count). The van der Waals surface area contributed by atoms with Gasteiger partial charge in [-0.2, -0.15) is 0 Å². The molecule has 0 atom stereocenters. The number of nitrogens with one attached hydrogen (secondary N) is 2. The van der Waals surface area contributed by atoms with Gasteiger partial charge in [0.05, 0.1) is 0 Å². The Morgan fingerprint density at radius 1 is 1.36 bits per heavy atom. The molecule has 1 amide bonds. The fourth-order valence-corrected chi connectivity index (χ4v) is 3.56. The molecule has 28 heavy (non-hydrogen) atoms. The van der Waals surface area contributed by atoms with Gasteiger partial charge in [0.2, 0.25) is 0 Å². The van der Waals surface area contributed by atoms with Gasteiger partial charge in [-0.15, -0.1) is 0 Å². The van der Waals surface area contributed by atoms with Gasteiger partial charge in [-0.05, 0) is 0 Å². The van der Waals surface area contributed by atoms with E-state index in [0.717, 1.165) is 42.3 Å². The Hall–Kier alpha value is -2.72. The third kappa shape index (κ3) is 5.40. The van der Waals surface area contributed by atoms with E-state index < -0.39 is 0 Å². The summed E-state index contributed by atoms with van der Waals surface area (Å²) in [5, 5.41) is 12.1. The second kappa shape index (κ2) is 10.0. The number of aromatic nitrogens is 2. The molecule has 0 saturated heterocycles. The van der Waals surface area contributed by atoms with E-state index in [1.54, 1.807) is 6.92 Å². The van der Waals surface area contributed by atoms with Crippen molar-refractivity contribution in [3.8, 4) is 12.3 Å². The standard InChI is InChI=1S/C21H26BN5O/c1-3-4-5-10-21(27-20-9-7-6-8-19(20)22-26-27)24-15-23-17-11-13-18(14-12-17)25-16(2)28/h1,5-10,17-18,23H,4,11-15H2,2H3,(H,25,28)/b10-5-,24-21+. The van der Waals surface area contributed by atoms with E-state index in [4.69, 9.17) is 11.4 Å². The van der Waals surface area contributed by atoms with Crippen LogP contribution < -0.4 is 10.6 Å². The molecule has 1 saturated carbocycles. The third-order valence-corrected chi connectivity index (χ3v) is 4.95. The number of amides is 1. The number of fused-ring (bicyclic) bond motifs is 1. The number of nitrogens with zero attached hydrogens (tertiary/aromatic N) is 3. The van der Waals surface area contributed by atoms with E-state index in [0.29, 0.717) is 25.2 Å². The topological polar surface area (TPSA) is 71.3 Å². The van der Waals surface area contributed by atoms with Crippen LogP contribution in [0.5, 0.6) is 0 Å². The van der Waals surface area contributed by atoms with E-state index in [9.17, 15) is 4.79 Å².